The molecule has 2 unspecified atom stereocenters. The summed E-state index contributed by atoms with van der Waals surface area (Å²) in [7, 11) is 0. The molecule has 2 heterocycles. The van der Waals surface area contributed by atoms with Gasteiger partial charge in [-0.05, 0) is 13.3 Å². The van der Waals surface area contributed by atoms with Crippen molar-refractivity contribution in [2.45, 2.75) is 45.2 Å². The minimum absolute atomic E-state index is 0.0338. The average molecular weight is 266 g/mol. The lowest BCUT2D eigenvalue weighted by Crippen LogP contribution is -2.62. The summed E-state index contributed by atoms with van der Waals surface area (Å²) in [4.78, 5) is 29.6. The summed E-state index contributed by atoms with van der Waals surface area (Å²) in [5.41, 5.74) is 0. The Kier molecular flexibility index (Phi) is 4.13. The predicted molar refractivity (Wildman–Crippen MR) is 66.0 cm³/mol. The predicted octanol–water partition coefficient (Wildman–Crippen LogP) is 0.128. The van der Waals surface area contributed by atoms with Gasteiger partial charge in [-0.1, -0.05) is 18.5 Å². The first-order valence-corrected chi connectivity index (χ1v) is 6.50. The van der Waals surface area contributed by atoms with E-state index in [9.17, 15) is 9.59 Å². The highest BCUT2D eigenvalue weighted by atomic mass is 16.5. The smallest absolute Gasteiger partial charge is 0.245 e. The van der Waals surface area contributed by atoms with Crippen molar-refractivity contribution in [3.05, 3.63) is 12.2 Å². The van der Waals surface area contributed by atoms with Crippen LogP contribution in [0.15, 0.2) is 10.9 Å². The van der Waals surface area contributed by atoms with Gasteiger partial charge in [-0.25, -0.2) is 0 Å². The maximum atomic E-state index is 12.3. The lowest BCUT2D eigenvalue weighted by molar-refractivity contribution is -0.148. The Morgan fingerprint density at radius 2 is 2.26 bits per heavy atom. The van der Waals surface area contributed by atoms with Crippen LogP contribution in [0.1, 0.15) is 32.6 Å². The van der Waals surface area contributed by atoms with Gasteiger partial charge < -0.3 is 14.7 Å². The Morgan fingerprint density at radius 1 is 1.47 bits per heavy atom. The first kappa shape index (κ1) is 13.5. The van der Waals surface area contributed by atoms with Crippen LogP contribution in [0, 0.1) is 0 Å². The van der Waals surface area contributed by atoms with Crippen molar-refractivity contribution < 1.29 is 14.1 Å². The maximum absolute atomic E-state index is 12.3. The van der Waals surface area contributed by atoms with E-state index in [1.54, 1.807) is 11.8 Å². The van der Waals surface area contributed by atoms with Crippen molar-refractivity contribution in [3.63, 3.8) is 0 Å². The van der Waals surface area contributed by atoms with Crippen LogP contribution in [0.3, 0.4) is 0 Å². The first-order valence-electron chi connectivity index (χ1n) is 6.50. The van der Waals surface area contributed by atoms with Gasteiger partial charge in [0.15, 0.2) is 6.33 Å². The number of carbonyl (C=O) groups is 2. The van der Waals surface area contributed by atoms with Gasteiger partial charge in [0.05, 0.1) is 0 Å². The van der Waals surface area contributed by atoms with Gasteiger partial charge in [0.1, 0.15) is 12.1 Å². The second kappa shape index (κ2) is 5.81. The van der Waals surface area contributed by atoms with Gasteiger partial charge in [-0.2, -0.15) is 4.98 Å². The third kappa shape index (κ3) is 2.91. The van der Waals surface area contributed by atoms with E-state index in [0.717, 1.165) is 6.42 Å². The molecule has 1 aliphatic rings. The molecular weight excluding hydrogens is 248 g/mol. The van der Waals surface area contributed by atoms with Crippen molar-refractivity contribution >= 4 is 11.8 Å². The van der Waals surface area contributed by atoms with E-state index in [1.807, 2.05) is 6.92 Å². The molecule has 1 N–H and O–H groups in total. The third-order valence-electron chi connectivity index (χ3n) is 3.30. The van der Waals surface area contributed by atoms with Crippen LogP contribution < -0.4 is 5.32 Å². The standard InChI is InChI=1S/C12H18N4O3/c1-3-4-9-12(18)16(8(2)11(17)15-9)6-5-10-13-7-14-19-10/h7-9H,3-6H2,1-2H3,(H,15,17). The van der Waals surface area contributed by atoms with Gasteiger partial charge >= 0.3 is 0 Å². The van der Waals surface area contributed by atoms with Crippen molar-refractivity contribution in [1.29, 1.82) is 0 Å². The summed E-state index contributed by atoms with van der Waals surface area (Å²) in [5, 5.41) is 6.27. The van der Waals surface area contributed by atoms with Crippen LogP contribution in [0.25, 0.3) is 0 Å². The highest BCUT2D eigenvalue weighted by Crippen LogP contribution is 2.13. The quantitative estimate of drug-likeness (QED) is 0.818. The number of amides is 2. The fourth-order valence-electron chi connectivity index (χ4n) is 2.20. The summed E-state index contributed by atoms with van der Waals surface area (Å²) in [6.45, 7) is 4.12. The Hall–Kier alpha value is -1.92. The minimum Gasteiger partial charge on any atom is -0.343 e. The largest absolute Gasteiger partial charge is 0.343 e. The van der Waals surface area contributed by atoms with E-state index in [2.05, 4.69) is 15.5 Å². The molecule has 104 valence electrons. The van der Waals surface area contributed by atoms with E-state index in [1.165, 1.54) is 6.33 Å². The molecule has 1 saturated heterocycles. The van der Waals surface area contributed by atoms with E-state index >= 15 is 0 Å². The summed E-state index contributed by atoms with van der Waals surface area (Å²) >= 11 is 0. The van der Waals surface area contributed by atoms with Gasteiger partial charge in [0, 0.05) is 13.0 Å². The number of aromatic nitrogens is 2. The van der Waals surface area contributed by atoms with Gasteiger partial charge in [-0.15, -0.1) is 0 Å². The van der Waals surface area contributed by atoms with Crippen molar-refractivity contribution in [1.82, 2.24) is 20.4 Å². The number of hydrogen-bond acceptors (Lipinski definition) is 5. The fourth-order valence-corrected chi connectivity index (χ4v) is 2.20. The molecule has 0 aliphatic carbocycles. The monoisotopic (exact) mass is 266 g/mol. The lowest BCUT2D eigenvalue weighted by Gasteiger charge is -2.37. The zero-order chi connectivity index (χ0) is 13.8. The Morgan fingerprint density at radius 3 is 2.89 bits per heavy atom. The molecule has 1 aliphatic heterocycles. The van der Waals surface area contributed by atoms with Crippen LogP contribution in [-0.4, -0.2) is 45.5 Å². The molecule has 1 fully saturated rings. The molecule has 0 radical (unpaired) electrons. The molecule has 1 aromatic rings. The van der Waals surface area contributed by atoms with E-state index < -0.39 is 12.1 Å². The summed E-state index contributed by atoms with van der Waals surface area (Å²) in [5.74, 6) is 0.329. The molecule has 0 bridgehead atoms. The summed E-state index contributed by atoms with van der Waals surface area (Å²) < 4.78 is 4.90. The molecular formula is C12H18N4O3. The number of rotatable bonds is 5. The topological polar surface area (TPSA) is 88.3 Å². The van der Waals surface area contributed by atoms with Crippen LogP contribution in [-0.2, 0) is 16.0 Å². The number of carbonyl (C=O) groups excluding carboxylic acids is 2. The second-order valence-corrected chi connectivity index (χ2v) is 4.64. The highest BCUT2D eigenvalue weighted by Gasteiger charge is 2.37. The molecule has 0 saturated carbocycles. The zero-order valence-corrected chi connectivity index (χ0v) is 11.1. The molecule has 0 aromatic carbocycles. The molecule has 0 spiro atoms. The highest BCUT2D eigenvalue weighted by molar-refractivity contribution is 5.96. The Balaban J connectivity index is 2.02. The lowest BCUT2D eigenvalue weighted by atomic mass is 10.0. The molecule has 7 nitrogen and oxygen atoms in total. The molecule has 19 heavy (non-hydrogen) atoms. The number of nitrogens with one attached hydrogen (secondary N) is 1. The summed E-state index contributed by atoms with van der Waals surface area (Å²) in [6, 6.07) is -0.861. The number of nitrogens with zero attached hydrogens (tertiary/aromatic N) is 3. The van der Waals surface area contributed by atoms with Crippen molar-refractivity contribution in [2.75, 3.05) is 6.54 Å². The van der Waals surface area contributed by atoms with Crippen LogP contribution in [0.2, 0.25) is 0 Å². The zero-order valence-electron chi connectivity index (χ0n) is 11.1. The van der Waals surface area contributed by atoms with Crippen molar-refractivity contribution in [2.24, 2.45) is 0 Å². The van der Waals surface area contributed by atoms with E-state index in [4.69, 9.17) is 4.52 Å². The van der Waals surface area contributed by atoms with Crippen LogP contribution in [0.4, 0.5) is 0 Å². The summed E-state index contributed by atoms with van der Waals surface area (Å²) in [6.07, 6.45) is 3.29. The maximum Gasteiger partial charge on any atom is 0.245 e. The molecule has 1 aromatic heterocycles. The Bertz CT molecular complexity index is 446. The van der Waals surface area contributed by atoms with E-state index in [-0.39, 0.29) is 11.8 Å². The van der Waals surface area contributed by atoms with Crippen LogP contribution >= 0.6 is 0 Å². The number of hydrogen-bond donors (Lipinski definition) is 1. The normalized spacial score (nSPS) is 23.6. The first-order chi connectivity index (χ1) is 9.13. The van der Waals surface area contributed by atoms with Gasteiger partial charge in [0.25, 0.3) is 0 Å². The molecule has 2 rings (SSSR count). The second-order valence-electron chi connectivity index (χ2n) is 4.64. The molecule has 7 heteroatoms. The number of piperazine rings is 1. The van der Waals surface area contributed by atoms with Crippen LogP contribution in [0.5, 0.6) is 0 Å². The van der Waals surface area contributed by atoms with Gasteiger partial charge in [-0.3, -0.25) is 9.59 Å². The van der Waals surface area contributed by atoms with Crippen molar-refractivity contribution in [3.8, 4) is 0 Å². The minimum atomic E-state index is -0.455. The van der Waals surface area contributed by atoms with E-state index in [0.29, 0.717) is 25.3 Å². The molecule has 2 atom stereocenters. The SMILES string of the molecule is CCCC1NC(=O)C(C)N(CCc2ncno2)C1=O. The Labute approximate surface area is 111 Å². The fraction of sp³-hybridized carbons (Fsp3) is 0.667. The molecule has 2 amide bonds. The van der Waals surface area contributed by atoms with Gasteiger partial charge in [0.2, 0.25) is 17.7 Å². The average Bonchev–Trinajstić information content (AvgIpc) is 2.89. The third-order valence-corrected chi connectivity index (χ3v) is 3.30.